The van der Waals surface area contributed by atoms with Crippen LogP contribution in [0.4, 0.5) is 0 Å². The molecule has 0 amide bonds. The Morgan fingerprint density at radius 1 is 0.509 bits per heavy atom. The van der Waals surface area contributed by atoms with Crippen LogP contribution in [0.25, 0.3) is 89.7 Å². The molecular formula is C39H22N8O6SZr. The predicted molar refractivity (Wildman–Crippen MR) is 199 cm³/mol. The van der Waals surface area contributed by atoms with E-state index < -0.39 is 32.3 Å². The van der Waals surface area contributed by atoms with Crippen molar-refractivity contribution in [3.05, 3.63) is 121 Å². The number of rotatable bonds is 2. The molecule has 0 aliphatic carbocycles. The van der Waals surface area contributed by atoms with Crippen LogP contribution in [-0.2, 0) is 36.3 Å². The van der Waals surface area contributed by atoms with Gasteiger partial charge in [0.15, 0.2) is 0 Å². The first kappa shape index (κ1) is 35.5. The Morgan fingerprint density at radius 2 is 0.836 bits per heavy atom. The summed E-state index contributed by atoms with van der Waals surface area (Å²) in [4.78, 5) is 49.2. The zero-order valence-corrected chi connectivity index (χ0v) is 31.3. The topological polar surface area (TPSA) is 217 Å². The van der Waals surface area contributed by atoms with E-state index in [0.29, 0.717) is 52.0 Å². The Bertz CT molecular complexity index is 2850. The summed E-state index contributed by atoms with van der Waals surface area (Å²) in [6.07, 6.45) is 0. The molecule has 5 aromatic carbocycles. The van der Waals surface area contributed by atoms with Crippen LogP contribution in [0.3, 0.4) is 0 Å². The minimum absolute atomic E-state index is 0. The first-order valence-corrected chi connectivity index (χ1v) is 17.7. The van der Waals surface area contributed by atoms with Gasteiger partial charge in [-0.15, -0.1) is 0 Å². The van der Waals surface area contributed by atoms with Gasteiger partial charge in [-0.25, -0.2) is 14.8 Å². The molecule has 8 bridgehead atoms. The monoisotopic (exact) mass is 820 g/mol. The van der Waals surface area contributed by atoms with Crippen LogP contribution >= 0.6 is 0 Å². The summed E-state index contributed by atoms with van der Waals surface area (Å²) in [5, 5.41) is 21.1. The number of hydrogen-bond donors (Lipinski definition) is 3. The molecule has 264 valence electrons. The molecule has 5 heterocycles. The number of benzene rings is 5. The summed E-state index contributed by atoms with van der Waals surface area (Å²) in [5.74, 6) is 0.165. The van der Waals surface area contributed by atoms with E-state index in [4.69, 9.17) is 54.6 Å². The Labute approximate surface area is 329 Å². The number of carbonyl (C=O) groups is 1. The van der Waals surface area contributed by atoms with Gasteiger partial charge in [0, 0.05) is 44.8 Å². The average molecular weight is 822 g/mol. The third-order valence-corrected chi connectivity index (χ3v) is 9.68. The van der Waals surface area contributed by atoms with E-state index in [1.165, 1.54) is 0 Å². The summed E-state index contributed by atoms with van der Waals surface area (Å²) in [6, 6.07) is 34.3. The van der Waals surface area contributed by atoms with Gasteiger partial charge in [-0.2, -0.15) is 8.42 Å². The number of aromatic hydroxyl groups is 1. The molecule has 14 nitrogen and oxygen atoms in total. The SMILES string of the molecule is O=C(O)c1cc(S(=O)(=O)O)ccc1O.[Zr+2].c1ccc2c(c1)-c1nc-2nc2[n-]c(nc3nc(nc4[n-]c(n1)c1ccccc41)-c1ccccc1-3)c1ccccc21. The van der Waals surface area contributed by atoms with E-state index in [0.717, 1.165) is 55.9 Å². The molecule has 0 atom stereocenters. The maximum absolute atomic E-state index is 10.6. The molecule has 10 rings (SSSR count). The van der Waals surface area contributed by atoms with Crippen molar-refractivity contribution in [2.24, 2.45) is 0 Å². The number of fused-ring (bicyclic) bond motifs is 20. The van der Waals surface area contributed by atoms with Gasteiger partial charge in [-0.3, -0.25) is 4.55 Å². The summed E-state index contributed by atoms with van der Waals surface area (Å²) in [6.45, 7) is 0. The molecule has 0 spiro atoms. The third-order valence-electron chi connectivity index (χ3n) is 8.83. The van der Waals surface area contributed by atoms with Crippen molar-refractivity contribution in [1.29, 1.82) is 0 Å². The molecular weight excluding hydrogens is 800 g/mol. The molecule has 3 aromatic heterocycles. The molecule has 55 heavy (non-hydrogen) atoms. The average Bonchev–Trinajstić information content (AvgIpc) is 3.90. The molecule has 0 fully saturated rings. The van der Waals surface area contributed by atoms with E-state index in [2.05, 4.69) is 0 Å². The zero-order chi connectivity index (χ0) is 37.1. The van der Waals surface area contributed by atoms with Crippen molar-refractivity contribution in [1.82, 2.24) is 39.9 Å². The van der Waals surface area contributed by atoms with Crippen molar-refractivity contribution in [2.45, 2.75) is 4.90 Å². The molecule has 0 saturated carbocycles. The Kier molecular flexibility index (Phi) is 8.88. The maximum atomic E-state index is 10.6. The molecule has 8 aromatic rings. The van der Waals surface area contributed by atoms with E-state index in [1.807, 2.05) is 97.1 Å². The summed E-state index contributed by atoms with van der Waals surface area (Å²) < 4.78 is 29.8. The van der Waals surface area contributed by atoms with Gasteiger partial charge in [0.05, 0.1) is 28.2 Å². The molecule has 2 aliphatic heterocycles. The Hall–Kier alpha value is -6.48. The number of aromatic carboxylic acids is 1. The molecule has 2 aliphatic rings. The second-order valence-corrected chi connectivity index (χ2v) is 13.5. The minimum atomic E-state index is -4.45. The summed E-state index contributed by atoms with van der Waals surface area (Å²) in [5.41, 5.74) is 5.20. The fourth-order valence-electron chi connectivity index (χ4n) is 6.31. The third kappa shape index (κ3) is 6.35. The van der Waals surface area contributed by atoms with Crippen LogP contribution in [0.5, 0.6) is 5.75 Å². The van der Waals surface area contributed by atoms with Crippen LogP contribution in [-0.4, -0.2) is 59.1 Å². The first-order valence-electron chi connectivity index (χ1n) is 16.2. The molecule has 0 unspecified atom stereocenters. The van der Waals surface area contributed by atoms with Crippen LogP contribution < -0.4 is 9.97 Å². The Morgan fingerprint density at radius 3 is 1.15 bits per heavy atom. The molecule has 0 radical (unpaired) electrons. The maximum Gasteiger partial charge on any atom is 2.00 e. The molecule has 16 heteroatoms. The quantitative estimate of drug-likeness (QED) is 0.160. The van der Waals surface area contributed by atoms with Crippen molar-refractivity contribution < 1.29 is 54.2 Å². The molecule has 0 saturated heterocycles. The molecule has 3 N–H and O–H groups in total. The fourth-order valence-corrected chi connectivity index (χ4v) is 6.81. The number of carboxylic acid groups (broad SMARTS) is 1. The van der Waals surface area contributed by atoms with Crippen molar-refractivity contribution in [2.75, 3.05) is 0 Å². The van der Waals surface area contributed by atoms with Crippen LogP contribution in [0.15, 0.2) is 120 Å². The van der Waals surface area contributed by atoms with E-state index >= 15 is 0 Å². The number of phenols is 1. The van der Waals surface area contributed by atoms with Gasteiger partial charge in [0.2, 0.25) is 0 Å². The fraction of sp³-hybridized carbons (Fsp3) is 0. The normalized spacial score (nSPS) is 11.6. The first-order chi connectivity index (χ1) is 26.1. The predicted octanol–water partition coefficient (Wildman–Crippen LogP) is 6.46. The second-order valence-electron chi connectivity index (χ2n) is 12.1. The van der Waals surface area contributed by atoms with Gasteiger partial charge in [0.25, 0.3) is 10.1 Å². The van der Waals surface area contributed by atoms with Gasteiger partial charge >= 0.3 is 32.2 Å². The van der Waals surface area contributed by atoms with Crippen LogP contribution in [0.1, 0.15) is 10.4 Å². The van der Waals surface area contributed by atoms with E-state index in [-0.39, 0.29) is 26.2 Å². The largest absolute Gasteiger partial charge is 2.00 e. The standard InChI is InChI=1S/C32H16N8.C7H6O6S.Zr/c1-2-10-18-17(9-1)25-33-26(18)38-28-21-13-5-6-14-22(21)30(35-28)40-32-24-16-8-7-15-23(24)31(36-32)39-29-20-12-4-3-11-19(20)27(34-29)37-25;8-6-2-1-4(14(11,12)13)3-5(6)7(9)10;/h1-16H;1-3,8H,(H,9,10)(H,11,12,13);/q-2;;+2. The number of hydrogen-bond acceptors (Lipinski definition) is 10. The second kappa shape index (κ2) is 13.7. The minimum Gasteiger partial charge on any atom is -0.507 e. The van der Waals surface area contributed by atoms with Gasteiger partial charge in [-0.1, -0.05) is 97.1 Å². The summed E-state index contributed by atoms with van der Waals surface area (Å²) >= 11 is 0. The van der Waals surface area contributed by atoms with E-state index in [1.54, 1.807) is 0 Å². The van der Waals surface area contributed by atoms with E-state index in [9.17, 15) is 13.2 Å². The van der Waals surface area contributed by atoms with Crippen LogP contribution in [0.2, 0.25) is 0 Å². The van der Waals surface area contributed by atoms with Gasteiger partial charge in [0.1, 0.15) is 11.3 Å². The number of carboxylic acids is 1. The van der Waals surface area contributed by atoms with Crippen molar-refractivity contribution in [3.8, 4) is 51.3 Å². The zero-order valence-electron chi connectivity index (χ0n) is 28.0. The number of nitrogens with zero attached hydrogens (tertiary/aromatic N) is 8. The van der Waals surface area contributed by atoms with Gasteiger partial charge < -0.3 is 40.1 Å². The smallest absolute Gasteiger partial charge is 0.507 e. The summed E-state index contributed by atoms with van der Waals surface area (Å²) in [7, 11) is -4.45. The number of aromatic nitrogens is 8. The van der Waals surface area contributed by atoms with Crippen molar-refractivity contribution >= 4 is 60.2 Å². The van der Waals surface area contributed by atoms with Gasteiger partial charge in [-0.05, 0) is 39.7 Å². The Balaban J connectivity index is 0.000000244. The van der Waals surface area contributed by atoms with Crippen LogP contribution in [0, 0.1) is 0 Å². The van der Waals surface area contributed by atoms with Crippen molar-refractivity contribution in [3.63, 3.8) is 0 Å².